The fraction of sp³-hybridized carbons (Fsp3) is 0.375. The maximum atomic E-state index is 14.2. The van der Waals surface area contributed by atoms with Crippen LogP contribution in [0.5, 0.6) is 5.75 Å². The second-order valence-electron chi connectivity index (χ2n) is 9.06. The molecule has 1 fully saturated rings. The fourth-order valence-electron chi connectivity index (χ4n) is 3.62. The van der Waals surface area contributed by atoms with Gasteiger partial charge in [0.2, 0.25) is 6.23 Å². The van der Waals surface area contributed by atoms with Gasteiger partial charge in [-0.1, -0.05) is 30.3 Å². The number of amides is 3. The lowest BCUT2D eigenvalue weighted by molar-refractivity contribution is -0.0649. The number of imide groups is 1. The van der Waals surface area contributed by atoms with Crippen molar-refractivity contribution in [3.63, 3.8) is 0 Å². The Labute approximate surface area is 209 Å². The zero-order valence-electron chi connectivity index (χ0n) is 19.3. The number of benzene rings is 2. The van der Waals surface area contributed by atoms with E-state index in [1.54, 1.807) is 20.8 Å². The molecule has 0 N–H and O–H groups in total. The minimum Gasteiger partial charge on any atom is -0.466 e. The van der Waals surface area contributed by atoms with Gasteiger partial charge in [0.05, 0.1) is 17.6 Å². The average molecular weight is 551 g/mol. The predicted octanol–water partition coefficient (Wildman–Crippen LogP) is 5.20. The highest BCUT2D eigenvalue weighted by Gasteiger charge is 2.48. The Hall–Kier alpha value is -3.34. The molecule has 2 aliphatic rings. The Morgan fingerprint density at radius 1 is 1.14 bits per heavy atom. The molecule has 3 amide bonds. The number of rotatable bonds is 3. The van der Waals surface area contributed by atoms with Crippen LogP contribution in [0.1, 0.15) is 31.9 Å². The second-order valence-corrected chi connectivity index (χ2v) is 9.92. The maximum absolute atomic E-state index is 14.2. The first-order valence-electron chi connectivity index (χ1n) is 10.8. The number of hydrogen-bond donors (Lipinski definition) is 0. The summed E-state index contributed by atoms with van der Waals surface area (Å²) < 4.78 is 36.4. The maximum Gasteiger partial charge on any atom is 0.419 e. The fourth-order valence-corrected chi connectivity index (χ4v) is 4.01. The molecule has 4 rings (SSSR count). The van der Waals surface area contributed by atoms with E-state index in [-0.39, 0.29) is 29.9 Å². The van der Waals surface area contributed by atoms with E-state index < -0.39 is 42.0 Å². The Balaban J connectivity index is 1.56. The first kappa shape index (κ1) is 24.8. The molecule has 0 saturated carbocycles. The van der Waals surface area contributed by atoms with Crippen molar-refractivity contribution in [2.45, 2.75) is 51.9 Å². The van der Waals surface area contributed by atoms with Gasteiger partial charge in [0, 0.05) is 11.6 Å². The van der Waals surface area contributed by atoms with Crippen molar-refractivity contribution < 1.29 is 37.7 Å². The second kappa shape index (κ2) is 9.73. The molecule has 11 heteroatoms. The van der Waals surface area contributed by atoms with Crippen molar-refractivity contribution in [2.24, 2.45) is 0 Å². The molecule has 0 bridgehead atoms. The Morgan fingerprint density at radius 2 is 1.86 bits per heavy atom. The summed E-state index contributed by atoms with van der Waals surface area (Å²) in [6.07, 6.45) is -4.76. The van der Waals surface area contributed by atoms with Gasteiger partial charge in [-0.05, 0) is 48.3 Å². The largest absolute Gasteiger partial charge is 0.466 e. The van der Waals surface area contributed by atoms with Crippen LogP contribution < -0.4 is 4.74 Å². The molecule has 0 radical (unpaired) electrons. The number of hydrogen-bond acceptors (Lipinski definition) is 7. The number of carbonyl (C=O) groups is 3. The van der Waals surface area contributed by atoms with Gasteiger partial charge < -0.3 is 18.9 Å². The van der Waals surface area contributed by atoms with Crippen LogP contribution >= 0.6 is 15.9 Å². The molecule has 9 nitrogen and oxygen atoms in total. The molecule has 0 aromatic heterocycles. The van der Waals surface area contributed by atoms with Crippen LogP contribution in [0.4, 0.5) is 18.8 Å². The van der Waals surface area contributed by atoms with Crippen LogP contribution in [0.3, 0.4) is 0 Å². The molecule has 2 aromatic rings. The molecule has 1 saturated heterocycles. The number of fused-ring (bicyclic) bond motifs is 1. The van der Waals surface area contributed by atoms with E-state index in [1.807, 2.05) is 30.3 Å². The third-order valence-corrected chi connectivity index (χ3v) is 5.81. The molecular formula is C24H24BrFN2O7. The molecule has 0 unspecified atom stereocenters. The first-order valence-corrected chi connectivity index (χ1v) is 11.6. The lowest BCUT2D eigenvalue weighted by atomic mass is 10.1. The van der Waals surface area contributed by atoms with Gasteiger partial charge in [0.25, 0.3) is 0 Å². The Bertz CT molecular complexity index is 1140. The summed E-state index contributed by atoms with van der Waals surface area (Å²) in [5.41, 5.74) is 0.483. The van der Waals surface area contributed by atoms with Crippen LogP contribution in [0.15, 0.2) is 46.9 Å². The van der Waals surface area contributed by atoms with E-state index in [2.05, 4.69) is 15.9 Å². The monoisotopic (exact) mass is 550 g/mol. The standard InChI is InChI=1S/C24H24BrFN2O7/c1-24(2,3)35-23(31)28-12-19(34-22(28)30)20-27(21(29)32-13-14-7-5-4-6-8-14)11-15-9-16(25)17(26)10-18(15)33-20/h4-10,19-20H,11-13H2,1-3H3/t19-,20-/m0/s1. The van der Waals surface area contributed by atoms with E-state index >= 15 is 0 Å². The van der Waals surface area contributed by atoms with Gasteiger partial charge in [0.1, 0.15) is 23.8 Å². The molecule has 35 heavy (non-hydrogen) atoms. The van der Waals surface area contributed by atoms with Crippen molar-refractivity contribution in [1.29, 1.82) is 0 Å². The number of nitrogens with zero attached hydrogens (tertiary/aromatic N) is 2. The summed E-state index contributed by atoms with van der Waals surface area (Å²) >= 11 is 3.14. The summed E-state index contributed by atoms with van der Waals surface area (Å²) in [4.78, 5) is 40.0. The van der Waals surface area contributed by atoms with Gasteiger partial charge >= 0.3 is 18.3 Å². The van der Waals surface area contributed by atoms with Crippen molar-refractivity contribution >= 4 is 34.2 Å². The smallest absolute Gasteiger partial charge is 0.419 e. The molecule has 2 atom stereocenters. The number of ether oxygens (including phenoxy) is 4. The molecule has 2 aliphatic heterocycles. The highest BCUT2D eigenvalue weighted by Crippen LogP contribution is 2.35. The van der Waals surface area contributed by atoms with Gasteiger partial charge in [0.15, 0.2) is 6.10 Å². The molecule has 0 aliphatic carbocycles. The summed E-state index contributed by atoms with van der Waals surface area (Å²) in [5, 5.41) is 0. The lowest BCUT2D eigenvalue weighted by Gasteiger charge is -2.38. The van der Waals surface area contributed by atoms with Gasteiger partial charge in [-0.15, -0.1) is 0 Å². The first-order chi connectivity index (χ1) is 16.5. The normalized spacial score (nSPS) is 19.5. The number of halogens is 2. The quantitative estimate of drug-likeness (QED) is 0.484. The van der Waals surface area contributed by atoms with Gasteiger partial charge in [-0.3, -0.25) is 4.90 Å². The van der Waals surface area contributed by atoms with Crippen LogP contribution in [0.25, 0.3) is 0 Å². The average Bonchev–Trinajstić information content (AvgIpc) is 3.19. The topological polar surface area (TPSA) is 94.6 Å². The van der Waals surface area contributed by atoms with Crippen molar-refractivity contribution in [3.8, 4) is 5.75 Å². The molecule has 2 aromatic carbocycles. The van der Waals surface area contributed by atoms with Gasteiger partial charge in [-0.2, -0.15) is 0 Å². The lowest BCUT2D eigenvalue weighted by Crippen LogP contribution is -2.53. The van der Waals surface area contributed by atoms with Crippen molar-refractivity contribution in [2.75, 3.05) is 6.54 Å². The van der Waals surface area contributed by atoms with Crippen molar-refractivity contribution in [1.82, 2.24) is 9.80 Å². The molecular weight excluding hydrogens is 527 g/mol. The summed E-state index contributed by atoms with van der Waals surface area (Å²) in [6.45, 7) is 4.80. The van der Waals surface area contributed by atoms with E-state index in [0.717, 1.165) is 10.5 Å². The molecule has 2 heterocycles. The zero-order chi connectivity index (χ0) is 25.3. The zero-order valence-corrected chi connectivity index (χ0v) is 20.9. The van der Waals surface area contributed by atoms with E-state index in [9.17, 15) is 18.8 Å². The highest BCUT2D eigenvalue weighted by atomic mass is 79.9. The molecule has 186 valence electrons. The van der Waals surface area contributed by atoms with Crippen LogP contribution in [0.2, 0.25) is 0 Å². The van der Waals surface area contributed by atoms with Gasteiger partial charge in [-0.25, -0.2) is 23.7 Å². The summed E-state index contributed by atoms with van der Waals surface area (Å²) in [5.74, 6) is -0.365. The number of carbonyl (C=O) groups excluding carboxylic acids is 3. The van der Waals surface area contributed by atoms with E-state index in [4.69, 9.17) is 18.9 Å². The third-order valence-electron chi connectivity index (χ3n) is 5.21. The van der Waals surface area contributed by atoms with E-state index in [1.165, 1.54) is 17.0 Å². The van der Waals surface area contributed by atoms with Crippen LogP contribution in [0, 0.1) is 5.82 Å². The minimum absolute atomic E-state index is 0.00694. The Morgan fingerprint density at radius 3 is 2.54 bits per heavy atom. The van der Waals surface area contributed by atoms with E-state index in [0.29, 0.717) is 5.56 Å². The van der Waals surface area contributed by atoms with Crippen LogP contribution in [-0.4, -0.2) is 52.6 Å². The SMILES string of the molecule is CC(C)(C)OC(=O)N1C[C@@H]([C@@H]2Oc3cc(F)c(Br)cc3CN2C(=O)OCc2ccccc2)OC1=O. The van der Waals surface area contributed by atoms with Crippen molar-refractivity contribution in [3.05, 3.63) is 63.9 Å². The highest BCUT2D eigenvalue weighted by molar-refractivity contribution is 9.10. The van der Waals surface area contributed by atoms with Crippen LogP contribution in [-0.2, 0) is 27.4 Å². The minimum atomic E-state index is -1.16. The Kier molecular flexibility index (Phi) is 6.88. The summed E-state index contributed by atoms with van der Waals surface area (Å²) in [6, 6.07) is 11.8. The predicted molar refractivity (Wildman–Crippen MR) is 124 cm³/mol. The molecule has 0 spiro atoms. The third kappa shape index (κ3) is 5.67. The number of cyclic esters (lactones) is 1. The summed E-state index contributed by atoms with van der Waals surface area (Å²) in [7, 11) is 0.